The van der Waals surface area contributed by atoms with Crippen molar-refractivity contribution in [3.05, 3.63) is 0 Å². The molecule has 0 spiro atoms. The zero-order chi connectivity index (χ0) is 18.1. The smallest absolute Gasteiger partial charge is 0.308 e. The highest BCUT2D eigenvalue weighted by Gasteiger charge is 2.35. The predicted molar refractivity (Wildman–Crippen MR) is 93.9 cm³/mol. The Labute approximate surface area is 150 Å². The van der Waals surface area contributed by atoms with E-state index in [0.29, 0.717) is 26.2 Å². The highest BCUT2D eigenvalue weighted by Crippen LogP contribution is 2.14. The van der Waals surface area contributed by atoms with Gasteiger partial charge in [-0.1, -0.05) is 26.2 Å². The molecule has 7 nitrogen and oxygen atoms in total. The Kier molecular flexibility index (Phi) is 8.18. The van der Waals surface area contributed by atoms with Crippen molar-refractivity contribution in [1.82, 2.24) is 15.1 Å². The minimum atomic E-state index is -0.748. The average Bonchev–Trinajstić information content (AvgIpc) is 2.85. The van der Waals surface area contributed by atoms with Crippen LogP contribution in [-0.4, -0.2) is 73.0 Å². The summed E-state index contributed by atoms with van der Waals surface area (Å²) in [7, 11) is 0. The first kappa shape index (κ1) is 19.7. The number of piperazine rings is 1. The maximum absolute atomic E-state index is 12.7. The number of nitrogens with one attached hydrogen (secondary N) is 1. The molecule has 2 amide bonds. The van der Waals surface area contributed by atoms with Gasteiger partial charge in [0, 0.05) is 13.1 Å². The zero-order valence-corrected chi connectivity index (χ0v) is 15.3. The molecule has 0 aromatic heterocycles. The SMILES string of the molecule is CCCCOC(=O)CC1C(=O)NCCN1C(=O)CN1CCCCCC1. The summed E-state index contributed by atoms with van der Waals surface area (Å²) in [6.07, 6.45) is 6.33. The number of hydrogen-bond donors (Lipinski definition) is 1. The van der Waals surface area contributed by atoms with Crippen molar-refractivity contribution in [2.75, 3.05) is 39.3 Å². The van der Waals surface area contributed by atoms with E-state index in [1.807, 2.05) is 6.92 Å². The van der Waals surface area contributed by atoms with Crippen LogP contribution in [0.1, 0.15) is 51.9 Å². The van der Waals surface area contributed by atoms with Gasteiger partial charge in [-0.25, -0.2) is 0 Å². The fraction of sp³-hybridized carbons (Fsp3) is 0.833. The molecule has 25 heavy (non-hydrogen) atoms. The first-order chi connectivity index (χ1) is 12.1. The van der Waals surface area contributed by atoms with Crippen molar-refractivity contribution >= 4 is 17.8 Å². The molecule has 0 aliphatic carbocycles. The van der Waals surface area contributed by atoms with Crippen LogP contribution >= 0.6 is 0 Å². The Hall–Kier alpha value is -1.63. The number of hydrogen-bond acceptors (Lipinski definition) is 5. The normalized spacial score (nSPS) is 22.2. The van der Waals surface area contributed by atoms with Crippen LogP contribution in [0.4, 0.5) is 0 Å². The Morgan fingerprint density at radius 3 is 2.56 bits per heavy atom. The van der Waals surface area contributed by atoms with Gasteiger partial charge in [0.25, 0.3) is 0 Å². The molecule has 2 aliphatic rings. The summed E-state index contributed by atoms with van der Waals surface area (Å²) in [6, 6.07) is -0.748. The Morgan fingerprint density at radius 1 is 1.16 bits per heavy atom. The van der Waals surface area contributed by atoms with E-state index in [9.17, 15) is 14.4 Å². The third-order valence-corrected chi connectivity index (χ3v) is 4.83. The van der Waals surface area contributed by atoms with Crippen LogP contribution in [0, 0.1) is 0 Å². The first-order valence-electron chi connectivity index (χ1n) is 9.57. The van der Waals surface area contributed by atoms with E-state index in [4.69, 9.17) is 4.74 Å². The summed E-state index contributed by atoms with van der Waals surface area (Å²) in [5, 5.41) is 2.75. The van der Waals surface area contributed by atoms with Crippen LogP contribution in [0.3, 0.4) is 0 Å². The lowest BCUT2D eigenvalue weighted by molar-refractivity contribution is -0.152. The monoisotopic (exact) mass is 353 g/mol. The Morgan fingerprint density at radius 2 is 1.88 bits per heavy atom. The van der Waals surface area contributed by atoms with Crippen LogP contribution in [0.15, 0.2) is 0 Å². The van der Waals surface area contributed by atoms with Crippen LogP contribution in [-0.2, 0) is 19.1 Å². The van der Waals surface area contributed by atoms with E-state index < -0.39 is 12.0 Å². The van der Waals surface area contributed by atoms with Crippen molar-refractivity contribution in [2.45, 2.75) is 57.9 Å². The maximum atomic E-state index is 12.7. The topological polar surface area (TPSA) is 79.0 Å². The standard InChI is InChI=1S/C18H31N3O4/c1-2-3-12-25-17(23)13-15-18(24)19-8-11-21(15)16(22)14-20-9-6-4-5-7-10-20/h15H,2-14H2,1H3,(H,19,24). The molecule has 1 unspecified atom stereocenters. The molecule has 2 saturated heterocycles. The molecular formula is C18H31N3O4. The molecule has 0 aromatic carbocycles. The highest BCUT2D eigenvalue weighted by molar-refractivity contribution is 5.92. The first-order valence-corrected chi connectivity index (χ1v) is 9.57. The van der Waals surface area contributed by atoms with Crippen molar-refractivity contribution in [2.24, 2.45) is 0 Å². The molecule has 0 bridgehead atoms. The lowest BCUT2D eigenvalue weighted by atomic mass is 10.1. The summed E-state index contributed by atoms with van der Waals surface area (Å²) >= 11 is 0. The van der Waals surface area contributed by atoms with Gasteiger partial charge in [0.2, 0.25) is 11.8 Å². The van der Waals surface area contributed by atoms with Gasteiger partial charge in [0.15, 0.2) is 0 Å². The maximum Gasteiger partial charge on any atom is 0.308 e. The minimum absolute atomic E-state index is 0.0666. The van der Waals surface area contributed by atoms with Crippen molar-refractivity contribution < 1.29 is 19.1 Å². The number of nitrogens with zero attached hydrogens (tertiary/aromatic N) is 2. The Balaban J connectivity index is 1.91. The van der Waals surface area contributed by atoms with Gasteiger partial charge in [0.05, 0.1) is 19.6 Å². The lowest BCUT2D eigenvalue weighted by Gasteiger charge is -2.35. The second-order valence-electron chi connectivity index (χ2n) is 6.86. The number of carbonyl (C=O) groups is 3. The molecule has 2 aliphatic heterocycles. The summed E-state index contributed by atoms with van der Waals surface area (Å²) in [6.45, 7) is 5.45. The predicted octanol–water partition coefficient (Wildman–Crippen LogP) is 0.923. The van der Waals surface area contributed by atoms with Gasteiger partial charge in [-0.15, -0.1) is 0 Å². The number of rotatable bonds is 7. The number of amides is 2. The molecule has 0 aromatic rings. The van der Waals surface area contributed by atoms with Gasteiger partial charge >= 0.3 is 5.97 Å². The van der Waals surface area contributed by atoms with Crippen LogP contribution in [0.25, 0.3) is 0 Å². The fourth-order valence-corrected chi connectivity index (χ4v) is 3.34. The molecule has 0 saturated carbocycles. The van der Waals surface area contributed by atoms with E-state index in [1.165, 1.54) is 12.8 Å². The number of esters is 1. The zero-order valence-electron chi connectivity index (χ0n) is 15.3. The van der Waals surface area contributed by atoms with Gasteiger partial charge in [-0.2, -0.15) is 0 Å². The van der Waals surface area contributed by atoms with Crippen LogP contribution in [0.5, 0.6) is 0 Å². The van der Waals surface area contributed by atoms with E-state index in [0.717, 1.165) is 38.8 Å². The van der Waals surface area contributed by atoms with Gasteiger partial charge in [-0.05, 0) is 32.4 Å². The van der Waals surface area contributed by atoms with Gasteiger partial charge in [0.1, 0.15) is 6.04 Å². The van der Waals surface area contributed by atoms with E-state index in [2.05, 4.69) is 10.2 Å². The summed E-state index contributed by atoms with van der Waals surface area (Å²) in [5.41, 5.74) is 0. The molecule has 1 N–H and O–H groups in total. The van der Waals surface area contributed by atoms with Crippen molar-refractivity contribution in [1.29, 1.82) is 0 Å². The second-order valence-corrected chi connectivity index (χ2v) is 6.86. The molecule has 7 heteroatoms. The number of unbranched alkanes of at least 4 members (excludes halogenated alkanes) is 1. The number of ether oxygens (including phenoxy) is 1. The molecular weight excluding hydrogens is 322 g/mol. The third kappa shape index (κ3) is 6.30. The molecule has 2 fully saturated rings. The average molecular weight is 353 g/mol. The van der Waals surface area contributed by atoms with Gasteiger partial charge < -0.3 is 15.0 Å². The van der Waals surface area contributed by atoms with Gasteiger partial charge in [-0.3, -0.25) is 19.3 Å². The molecule has 142 valence electrons. The lowest BCUT2D eigenvalue weighted by Crippen LogP contribution is -2.59. The Bertz CT molecular complexity index is 461. The molecule has 1 atom stereocenters. The quantitative estimate of drug-likeness (QED) is 0.544. The van der Waals surface area contributed by atoms with Crippen LogP contribution in [0.2, 0.25) is 0 Å². The van der Waals surface area contributed by atoms with E-state index in [1.54, 1.807) is 4.90 Å². The highest BCUT2D eigenvalue weighted by atomic mass is 16.5. The largest absolute Gasteiger partial charge is 0.466 e. The van der Waals surface area contributed by atoms with Crippen molar-refractivity contribution in [3.8, 4) is 0 Å². The summed E-state index contributed by atoms with van der Waals surface area (Å²) in [5.74, 6) is -0.742. The third-order valence-electron chi connectivity index (χ3n) is 4.83. The van der Waals surface area contributed by atoms with E-state index in [-0.39, 0.29) is 18.2 Å². The molecule has 0 radical (unpaired) electrons. The molecule has 2 heterocycles. The fourth-order valence-electron chi connectivity index (χ4n) is 3.34. The molecule has 2 rings (SSSR count). The minimum Gasteiger partial charge on any atom is -0.466 e. The van der Waals surface area contributed by atoms with E-state index >= 15 is 0 Å². The summed E-state index contributed by atoms with van der Waals surface area (Å²) < 4.78 is 5.16. The number of likely N-dealkylation sites (tertiary alicyclic amines) is 1. The summed E-state index contributed by atoms with van der Waals surface area (Å²) in [4.78, 5) is 40.6. The van der Waals surface area contributed by atoms with Crippen molar-refractivity contribution in [3.63, 3.8) is 0 Å². The second kappa shape index (κ2) is 10.4. The number of carbonyl (C=O) groups excluding carboxylic acids is 3. The van der Waals surface area contributed by atoms with Crippen LogP contribution < -0.4 is 5.32 Å².